The Kier molecular flexibility index (Phi) is 3.11. The molecular weight excluding hydrogens is 244 g/mol. The van der Waals surface area contributed by atoms with Crippen LogP contribution in [0.4, 0.5) is 0 Å². The van der Waals surface area contributed by atoms with Gasteiger partial charge in [-0.15, -0.1) is 0 Å². The van der Waals surface area contributed by atoms with Crippen molar-refractivity contribution in [1.82, 2.24) is 10.3 Å². The molecule has 2 aliphatic heterocycles. The number of nitrogens with zero attached hydrogens (tertiary/aromatic N) is 1. The number of nitrogens with one attached hydrogen (secondary N) is 1. The zero-order chi connectivity index (χ0) is 13.1. The summed E-state index contributed by atoms with van der Waals surface area (Å²) in [5.41, 5.74) is 0.764. The van der Waals surface area contributed by atoms with Gasteiger partial charge >= 0.3 is 0 Å². The molecule has 0 aliphatic carbocycles. The highest BCUT2D eigenvalue weighted by Crippen LogP contribution is 2.36. The molecule has 0 aromatic carbocycles. The van der Waals surface area contributed by atoms with Crippen LogP contribution in [0.2, 0.25) is 0 Å². The Bertz CT molecular complexity index is 469. The maximum atomic E-state index is 11.4. The minimum absolute atomic E-state index is 0.0953. The van der Waals surface area contributed by atoms with Crippen LogP contribution in [-0.2, 0) is 19.7 Å². The predicted octanol–water partition coefficient (Wildman–Crippen LogP) is 1.46. The number of aromatic nitrogens is 1. The average molecular weight is 260 g/mol. The second-order valence-electron chi connectivity index (χ2n) is 4.95. The number of rotatable bonds is 3. The number of ether oxygens (including phenoxy) is 2. The van der Waals surface area contributed by atoms with E-state index in [-0.39, 0.29) is 17.6 Å². The molecule has 3 rings (SSSR count). The third-order valence-electron chi connectivity index (χ3n) is 3.74. The van der Waals surface area contributed by atoms with Crippen LogP contribution in [-0.4, -0.2) is 23.7 Å². The van der Waals surface area contributed by atoms with Crippen LogP contribution >= 0.6 is 0 Å². The maximum absolute atomic E-state index is 11.4. The first-order chi connectivity index (χ1) is 9.28. The third kappa shape index (κ3) is 2.41. The van der Waals surface area contributed by atoms with Gasteiger partial charge in [0.2, 0.25) is 12.2 Å². The lowest BCUT2D eigenvalue weighted by Gasteiger charge is -2.37. The molecule has 3 heterocycles. The second kappa shape index (κ2) is 4.91. The molecule has 0 bridgehead atoms. The molecule has 1 aromatic heterocycles. The molecule has 5 heteroatoms. The van der Waals surface area contributed by atoms with Crippen molar-refractivity contribution in [2.24, 2.45) is 0 Å². The molecule has 2 aliphatic rings. The highest BCUT2D eigenvalue weighted by Gasteiger charge is 2.41. The van der Waals surface area contributed by atoms with E-state index < -0.39 is 0 Å². The summed E-state index contributed by atoms with van der Waals surface area (Å²) in [5.74, 6) is 0.0953. The van der Waals surface area contributed by atoms with Crippen LogP contribution in [0.25, 0.3) is 0 Å². The number of hydrogen-bond donors (Lipinski definition) is 1. The number of hydrogen-bond acceptors (Lipinski definition) is 4. The molecule has 19 heavy (non-hydrogen) atoms. The van der Waals surface area contributed by atoms with Gasteiger partial charge < -0.3 is 14.8 Å². The highest BCUT2D eigenvalue weighted by molar-refractivity contribution is 5.77. The molecule has 1 atom stereocenters. The van der Waals surface area contributed by atoms with E-state index in [1.807, 2.05) is 18.2 Å². The Morgan fingerprint density at radius 3 is 2.84 bits per heavy atom. The van der Waals surface area contributed by atoms with Crippen molar-refractivity contribution in [3.8, 4) is 0 Å². The van der Waals surface area contributed by atoms with Crippen molar-refractivity contribution < 1.29 is 14.3 Å². The Labute approximate surface area is 111 Å². The van der Waals surface area contributed by atoms with E-state index in [1.165, 1.54) is 0 Å². The molecule has 5 nitrogen and oxygen atoms in total. The monoisotopic (exact) mass is 260 g/mol. The number of carbonyl (C=O) groups excluding carboxylic acids is 1. The Balaban J connectivity index is 1.84. The highest BCUT2D eigenvalue weighted by atomic mass is 16.7. The molecule has 1 aromatic rings. The molecule has 1 N–H and O–H groups in total. The van der Waals surface area contributed by atoms with Crippen molar-refractivity contribution >= 4 is 5.91 Å². The first-order valence-corrected chi connectivity index (χ1v) is 6.43. The van der Waals surface area contributed by atoms with Crippen molar-refractivity contribution in [1.29, 1.82) is 0 Å². The Morgan fingerprint density at radius 1 is 1.37 bits per heavy atom. The van der Waals surface area contributed by atoms with E-state index in [1.54, 1.807) is 18.7 Å². The second-order valence-corrected chi connectivity index (χ2v) is 4.95. The van der Waals surface area contributed by atoms with Crippen molar-refractivity contribution in [2.45, 2.75) is 31.0 Å². The van der Waals surface area contributed by atoms with Gasteiger partial charge in [0, 0.05) is 36.7 Å². The minimum atomic E-state index is -0.294. The van der Waals surface area contributed by atoms with Gasteiger partial charge in [0.15, 0.2) is 0 Å². The fraction of sp³-hybridized carbons (Fsp3) is 0.429. The van der Waals surface area contributed by atoms with Crippen LogP contribution in [0, 0.1) is 0 Å². The quantitative estimate of drug-likeness (QED) is 0.894. The molecule has 1 fully saturated rings. The summed E-state index contributed by atoms with van der Waals surface area (Å²) >= 11 is 0. The lowest BCUT2D eigenvalue weighted by molar-refractivity contribution is -0.124. The fourth-order valence-electron chi connectivity index (χ4n) is 2.66. The van der Waals surface area contributed by atoms with Gasteiger partial charge in [-0.1, -0.05) is 6.07 Å². The van der Waals surface area contributed by atoms with Gasteiger partial charge in [0.1, 0.15) is 12.5 Å². The van der Waals surface area contributed by atoms with Crippen molar-refractivity contribution in [3.63, 3.8) is 0 Å². The third-order valence-corrected chi connectivity index (χ3v) is 3.74. The van der Waals surface area contributed by atoms with Crippen molar-refractivity contribution in [2.75, 3.05) is 6.54 Å². The van der Waals surface area contributed by atoms with Gasteiger partial charge in [-0.25, -0.2) is 0 Å². The number of carbonyl (C=O) groups is 1. The normalized spacial score (nSPS) is 26.6. The van der Waals surface area contributed by atoms with Gasteiger partial charge in [-0.05, 0) is 18.6 Å². The first kappa shape index (κ1) is 12.0. The summed E-state index contributed by atoms with van der Waals surface area (Å²) in [4.78, 5) is 15.9. The summed E-state index contributed by atoms with van der Waals surface area (Å²) < 4.78 is 10.8. The Morgan fingerprint density at radius 2 is 2.21 bits per heavy atom. The molecule has 0 radical (unpaired) electrons. The molecular formula is C14H16N2O3. The molecule has 0 spiro atoms. The molecule has 100 valence electrons. The number of amides is 1. The van der Waals surface area contributed by atoms with Crippen LogP contribution in [0.5, 0.6) is 0 Å². The Hall–Kier alpha value is -2.04. The van der Waals surface area contributed by atoms with E-state index in [4.69, 9.17) is 9.47 Å². The summed E-state index contributed by atoms with van der Waals surface area (Å²) in [6.07, 6.45) is 6.54. The van der Waals surface area contributed by atoms with Crippen LogP contribution in [0.15, 0.2) is 36.9 Å². The van der Waals surface area contributed by atoms with Gasteiger partial charge in [-0.3, -0.25) is 9.78 Å². The fourth-order valence-corrected chi connectivity index (χ4v) is 2.66. The zero-order valence-corrected chi connectivity index (χ0v) is 10.5. The van der Waals surface area contributed by atoms with Crippen LogP contribution in [0.1, 0.15) is 25.0 Å². The SMILES string of the molecule is O=C1CCC(CC2OC=CO2)(c2ccccn2)CN1. The van der Waals surface area contributed by atoms with E-state index >= 15 is 0 Å². The first-order valence-electron chi connectivity index (χ1n) is 6.43. The summed E-state index contributed by atoms with van der Waals surface area (Å²) in [5, 5.41) is 2.93. The van der Waals surface area contributed by atoms with Crippen LogP contribution < -0.4 is 5.32 Å². The predicted molar refractivity (Wildman–Crippen MR) is 67.9 cm³/mol. The van der Waals surface area contributed by atoms with Gasteiger partial charge in [0.05, 0.1) is 0 Å². The van der Waals surface area contributed by atoms with E-state index in [0.29, 0.717) is 19.4 Å². The number of pyridine rings is 1. The molecule has 1 saturated heterocycles. The van der Waals surface area contributed by atoms with Crippen LogP contribution in [0.3, 0.4) is 0 Å². The smallest absolute Gasteiger partial charge is 0.240 e. The summed E-state index contributed by atoms with van der Waals surface area (Å²) in [6, 6.07) is 5.86. The van der Waals surface area contributed by atoms with Gasteiger partial charge in [-0.2, -0.15) is 0 Å². The maximum Gasteiger partial charge on any atom is 0.240 e. The van der Waals surface area contributed by atoms with E-state index in [9.17, 15) is 4.79 Å². The van der Waals surface area contributed by atoms with Crippen molar-refractivity contribution in [3.05, 3.63) is 42.6 Å². The zero-order valence-electron chi connectivity index (χ0n) is 10.5. The standard InChI is InChI=1S/C14H16N2O3/c17-12-4-5-14(10-16-12,9-13-18-7-8-19-13)11-3-1-2-6-15-11/h1-3,6-8,13H,4-5,9-10H2,(H,16,17). The minimum Gasteiger partial charge on any atom is -0.459 e. The lowest BCUT2D eigenvalue weighted by Crippen LogP contribution is -2.48. The number of piperidine rings is 1. The molecule has 0 saturated carbocycles. The van der Waals surface area contributed by atoms with E-state index in [0.717, 1.165) is 12.1 Å². The average Bonchev–Trinajstić information content (AvgIpc) is 2.95. The molecule has 1 unspecified atom stereocenters. The van der Waals surface area contributed by atoms with Gasteiger partial charge in [0.25, 0.3) is 0 Å². The summed E-state index contributed by atoms with van der Waals surface area (Å²) in [6.45, 7) is 0.575. The lowest BCUT2D eigenvalue weighted by atomic mass is 9.74. The molecule has 1 amide bonds. The topological polar surface area (TPSA) is 60.5 Å². The largest absolute Gasteiger partial charge is 0.459 e. The van der Waals surface area contributed by atoms with E-state index in [2.05, 4.69) is 10.3 Å². The summed E-state index contributed by atoms with van der Waals surface area (Å²) in [7, 11) is 0.